The average molecular weight is 398 g/mol. The highest BCUT2D eigenvalue weighted by Gasteiger charge is 2.21. The maximum Gasteiger partial charge on any atom is 0.268 e. The standard InChI is InChI=1S/C25H22N2O3/c1-15-4-8-17(9-5-15)23(26)22-20-13-12-19(30-3)14-21(20)24(28)27(25(22)29)18-10-6-16(2)7-11-18/h4-14,26,28H,1-3H3. The van der Waals surface area contributed by atoms with Gasteiger partial charge in [-0.2, -0.15) is 0 Å². The number of nitrogens with one attached hydrogen (secondary N) is 1. The SMILES string of the molecule is COc1ccc2c(C(=N)c3ccc(C)cc3)c(=O)n(-c3ccc(C)cc3)c(O)c2c1. The quantitative estimate of drug-likeness (QED) is 0.488. The van der Waals surface area contributed by atoms with Gasteiger partial charge in [0.25, 0.3) is 5.56 Å². The number of aromatic hydroxyl groups is 1. The number of benzene rings is 3. The summed E-state index contributed by atoms with van der Waals surface area (Å²) < 4.78 is 6.56. The van der Waals surface area contributed by atoms with Crippen LogP contribution in [0.3, 0.4) is 0 Å². The maximum atomic E-state index is 13.6. The van der Waals surface area contributed by atoms with Crippen LogP contribution in [0.1, 0.15) is 22.3 Å². The molecule has 0 unspecified atom stereocenters. The van der Waals surface area contributed by atoms with Crippen molar-refractivity contribution in [2.75, 3.05) is 7.11 Å². The Morgan fingerprint density at radius 3 is 2.10 bits per heavy atom. The lowest BCUT2D eigenvalue weighted by atomic mass is 9.97. The first-order valence-corrected chi connectivity index (χ1v) is 9.59. The lowest BCUT2D eigenvalue weighted by molar-refractivity contribution is 0.414. The molecule has 0 aliphatic rings. The van der Waals surface area contributed by atoms with Gasteiger partial charge in [0.2, 0.25) is 5.88 Å². The number of methoxy groups -OCH3 is 1. The van der Waals surface area contributed by atoms with Crippen molar-refractivity contribution in [1.29, 1.82) is 5.41 Å². The molecule has 0 amide bonds. The van der Waals surface area contributed by atoms with E-state index in [0.29, 0.717) is 27.8 Å². The predicted molar refractivity (Wildman–Crippen MR) is 120 cm³/mol. The second kappa shape index (κ2) is 7.52. The van der Waals surface area contributed by atoms with Crippen LogP contribution in [0.15, 0.2) is 71.5 Å². The van der Waals surface area contributed by atoms with Crippen molar-refractivity contribution in [1.82, 2.24) is 4.57 Å². The van der Waals surface area contributed by atoms with Crippen LogP contribution >= 0.6 is 0 Å². The maximum absolute atomic E-state index is 13.6. The first-order valence-electron chi connectivity index (χ1n) is 9.59. The number of hydrogen-bond acceptors (Lipinski definition) is 4. The number of aryl methyl sites for hydroxylation is 2. The van der Waals surface area contributed by atoms with E-state index in [1.54, 1.807) is 37.4 Å². The molecule has 3 aromatic carbocycles. The number of ether oxygens (including phenoxy) is 1. The molecule has 0 radical (unpaired) electrons. The molecule has 30 heavy (non-hydrogen) atoms. The highest BCUT2D eigenvalue weighted by atomic mass is 16.5. The number of hydrogen-bond donors (Lipinski definition) is 2. The summed E-state index contributed by atoms with van der Waals surface area (Å²) in [5, 5.41) is 20.8. The third-order valence-electron chi connectivity index (χ3n) is 5.25. The van der Waals surface area contributed by atoms with E-state index in [9.17, 15) is 9.90 Å². The highest BCUT2D eigenvalue weighted by molar-refractivity contribution is 6.18. The molecular formula is C25H22N2O3. The fourth-order valence-corrected chi connectivity index (χ4v) is 3.54. The van der Waals surface area contributed by atoms with Crippen LogP contribution < -0.4 is 10.3 Å². The van der Waals surface area contributed by atoms with E-state index in [4.69, 9.17) is 10.1 Å². The van der Waals surface area contributed by atoms with Gasteiger partial charge in [-0.25, -0.2) is 4.57 Å². The van der Waals surface area contributed by atoms with Gasteiger partial charge in [-0.3, -0.25) is 10.2 Å². The van der Waals surface area contributed by atoms with Crippen LogP contribution in [0.4, 0.5) is 0 Å². The zero-order chi connectivity index (χ0) is 21.4. The van der Waals surface area contributed by atoms with Crippen molar-refractivity contribution in [2.24, 2.45) is 0 Å². The second-order valence-corrected chi connectivity index (χ2v) is 7.33. The van der Waals surface area contributed by atoms with Gasteiger partial charge in [0.1, 0.15) is 5.75 Å². The second-order valence-electron chi connectivity index (χ2n) is 7.33. The van der Waals surface area contributed by atoms with Gasteiger partial charge in [0, 0.05) is 16.3 Å². The minimum Gasteiger partial charge on any atom is -0.497 e. The molecule has 0 saturated carbocycles. The van der Waals surface area contributed by atoms with Crippen molar-refractivity contribution in [3.63, 3.8) is 0 Å². The minimum atomic E-state index is -0.445. The van der Waals surface area contributed by atoms with Gasteiger partial charge in [0.15, 0.2) is 0 Å². The van der Waals surface area contributed by atoms with Crippen molar-refractivity contribution in [3.05, 3.63) is 99.3 Å². The molecule has 0 aliphatic carbocycles. The zero-order valence-electron chi connectivity index (χ0n) is 17.1. The number of rotatable bonds is 4. The number of fused-ring (bicyclic) bond motifs is 1. The molecule has 1 heterocycles. The minimum absolute atomic E-state index is 0.107. The fraction of sp³-hybridized carbons (Fsp3) is 0.120. The largest absolute Gasteiger partial charge is 0.497 e. The molecule has 150 valence electrons. The summed E-state index contributed by atoms with van der Waals surface area (Å²) in [6, 6.07) is 19.9. The normalized spacial score (nSPS) is 10.9. The molecule has 0 fully saturated rings. The summed E-state index contributed by atoms with van der Waals surface area (Å²) in [6.07, 6.45) is 0. The van der Waals surface area contributed by atoms with Gasteiger partial charge in [-0.05, 0) is 44.2 Å². The summed E-state index contributed by atoms with van der Waals surface area (Å²) in [6.45, 7) is 3.93. The molecule has 5 heteroatoms. The van der Waals surface area contributed by atoms with E-state index in [-0.39, 0.29) is 17.2 Å². The summed E-state index contributed by atoms with van der Waals surface area (Å²) in [7, 11) is 1.55. The monoisotopic (exact) mass is 398 g/mol. The molecule has 2 N–H and O–H groups in total. The smallest absolute Gasteiger partial charge is 0.268 e. The van der Waals surface area contributed by atoms with Gasteiger partial charge in [0.05, 0.1) is 24.1 Å². The molecule has 0 atom stereocenters. The molecule has 1 aromatic heterocycles. The van der Waals surface area contributed by atoms with Gasteiger partial charge in [-0.1, -0.05) is 47.5 Å². The Kier molecular flexibility index (Phi) is 4.88. The zero-order valence-corrected chi connectivity index (χ0v) is 17.1. The Morgan fingerprint density at radius 2 is 1.50 bits per heavy atom. The number of pyridine rings is 1. The van der Waals surface area contributed by atoms with Crippen molar-refractivity contribution in [3.8, 4) is 17.3 Å². The van der Waals surface area contributed by atoms with E-state index in [2.05, 4.69) is 0 Å². The van der Waals surface area contributed by atoms with E-state index in [1.807, 2.05) is 50.2 Å². The molecule has 4 aromatic rings. The van der Waals surface area contributed by atoms with E-state index in [1.165, 1.54) is 4.57 Å². The first kappa shape index (κ1) is 19.5. The van der Waals surface area contributed by atoms with E-state index >= 15 is 0 Å². The Hall–Kier alpha value is -3.86. The van der Waals surface area contributed by atoms with Crippen molar-refractivity contribution in [2.45, 2.75) is 13.8 Å². The predicted octanol–water partition coefficient (Wildman–Crippen LogP) is 4.74. The third-order valence-corrected chi connectivity index (χ3v) is 5.25. The van der Waals surface area contributed by atoms with Crippen LogP contribution in [0, 0.1) is 19.3 Å². The third kappa shape index (κ3) is 3.24. The molecule has 0 saturated heterocycles. The average Bonchev–Trinajstić information content (AvgIpc) is 2.75. The summed E-state index contributed by atoms with van der Waals surface area (Å²) >= 11 is 0. The van der Waals surface area contributed by atoms with E-state index in [0.717, 1.165) is 11.1 Å². The molecule has 0 bridgehead atoms. The van der Waals surface area contributed by atoms with Crippen LogP contribution in [0.5, 0.6) is 11.6 Å². The van der Waals surface area contributed by atoms with Crippen LogP contribution in [-0.2, 0) is 0 Å². The molecule has 0 spiro atoms. The van der Waals surface area contributed by atoms with Crippen LogP contribution in [0.25, 0.3) is 16.5 Å². The summed E-state index contributed by atoms with van der Waals surface area (Å²) in [5.74, 6) is 0.373. The number of nitrogens with zero attached hydrogens (tertiary/aromatic N) is 1. The van der Waals surface area contributed by atoms with Crippen LogP contribution in [-0.4, -0.2) is 22.5 Å². The Morgan fingerprint density at radius 1 is 0.900 bits per heavy atom. The molecule has 4 rings (SSSR count). The molecule has 5 nitrogen and oxygen atoms in total. The molecular weight excluding hydrogens is 376 g/mol. The van der Waals surface area contributed by atoms with Crippen molar-refractivity contribution < 1.29 is 9.84 Å². The topological polar surface area (TPSA) is 75.3 Å². The van der Waals surface area contributed by atoms with Gasteiger partial charge >= 0.3 is 0 Å². The van der Waals surface area contributed by atoms with Crippen LogP contribution in [0.2, 0.25) is 0 Å². The van der Waals surface area contributed by atoms with Gasteiger partial charge in [-0.15, -0.1) is 0 Å². The summed E-state index contributed by atoms with van der Waals surface area (Å²) in [4.78, 5) is 13.6. The fourth-order valence-electron chi connectivity index (χ4n) is 3.54. The first-order chi connectivity index (χ1) is 14.4. The Balaban J connectivity index is 2.07. The Bertz CT molecular complexity index is 1320. The molecule has 0 aliphatic heterocycles. The lowest BCUT2D eigenvalue weighted by Crippen LogP contribution is -2.26. The lowest BCUT2D eigenvalue weighted by Gasteiger charge is -2.16. The number of aromatic nitrogens is 1. The summed E-state index contributed by atoms with van der Waals surface area (Å²) in [5.41, 5.74) is 3.18. The van der Waals surface area contributed by atoms with E-state index < -0.39 is 5.56 Å². The van der Waals surface area contributed by atoms with Crippen molar-refractivity contribution >= 4 is 16.5 Å². The van der Waals surface area contributed by atoms with Gasteiger partial charge < -0.3 is 9.84 Å². The Labute approximate surface area is 174 Å². The highest BCUT2D eigenvalue weighted by Crippen LogP contribution is 2.32.